The van der Waals surface area contributed by atoms with Crippen LogP contribution in [-0.4, -0.2) is 42.2 Å². The van der Waals surface area contributed by atoms with Gasteiger partial charge in [0.15, 0.2) is 0 Å². The molecule has 0 aromatic carbocycles. The first-order valence-electron chi connectivity index (χ1n) is 5.62. The van der Waals surface area contributed by atoms with Crippen molar-refractivity contribution in [1.82, 2.24) is 10.3 Å². The van der Waals surface area contributed by atoms with E-state index >= 15 is 0 Å². The Labute approximate surface area is 105 Å². The molecule has 1 amide bonds. The Hall–Kier alpha value is -1.95. The third-order valence-electron chi connectivity index (χ3n) is 2.26. The molecule has 6 heteroatoms. The summed E-state index contributed by atoms with van der Waals surface area (Å²) in [4.78, 5) is 26.1. The van der Waals surface area contributed by atoms with Crippen LogP contribution in [0, 0.1) is 0 Å². The summed E-state index contributed by atoms with van der Waals surface area (Å²) in [5, 5.41) is 11.4. The van der Waals surface area contributed by atoms with Crippen molar-refractivity contribution in [2.24, 2.45) is 0 Å². The van der Waals surface area contributed by atoms with Gasteiger partial charge in [0, 0.05) is 20.3 Å². The number of carbonyl (C=O) groups is 2. The van der Waals surface area contributed by atoms with E-state index in [9.17, 15) is 9.59 Å². The molecule has 0 saturated heterocycles. The van der Waals surface area contributed by atoms with Crippen molar-refractivity contribution >= 4 is 11.9 Å². The Morgan fingerprint density at radius 2 is 2.06 bits per heavy atom. The molecule has 2 N–H and O–H groups in total. The molecule has 6 nitrogen and oxygen atoms in total. The van der Waals surface area contributed by atoms with Crippen molar-refractivity contribution in [2.75, 3.05) is 20.3 Å². The minimum Gasteiger partial charge on any atom is -0.477 e. The number of rotatable bonds is 7. The van der Waals surface area contributed by atoms with Gasteiger partial charge in [-0.15, -0.1) is 0 Å². The van der Waals surface area contributed by atoms with Crippen LogP contribution >= 0.6 is 0 Å². The number of pyridine rings is 1. The first kappa shape index (κ1) is 14.1. The second kappa shape index (κ2) is 7.39. The second-order valence-electron chi connectivity index (χ2n) is 3.67. The van der Waals surface area contributed by atoms with E-state index in [1.165, 1.54) is 18.2 Å². The van der Waals surface area contributed by atoms with Crippen LogP contribution in [-0.2, 0) is 4.74 Å². The largest absolute Gasteiger partial charge is 0.477 e. The number of hydrogen-bond donors (Lipinski definition) is 2. The molecule has 0 spiro atoms. The number of carboxylic acids is 1. The van der Waals surface area contributed by atoms with E-state index in [2.05, 4.69) is 10.3 Å². The number of hydrogen-bond acceptors (Lipinski definition) is 4. The molecule has 0 aliphatic carbocycles. The first-order valence-corrected chi connectivity index (χ1v) is 5.62. The predicted octanol–water partition coefficient (Wildman–Crippen LogP) is 0.936. The van der Waals surface area contributed by atoms with Gasteiger partial charge in [-0.2, -0.15) is 0 Å². The number of carboxylic acid groups (broad SMARTS) is 1. The summed E-state index contributed by atoms with van der Waals surface area (Å²) < 4.78 is 4.89. The summed E-state index contributed by atoms with van der Waals surface area (Å²) in [6.07, 6.45) is 1.66. The van der Waals surface area contributed by atoms with Crippen LogP contribution in [0.2, 0.25) is 0 Å². The Balaban J connectivity index is 2.46. The van der Waals surface area contributed by atoms with Crippen LogP contribution in [0.1, 0.15) is 33.8 Å². The molecule has 0 unspecified atom stereocenters. The quantitative estimate of drug-likeness (QED) is 0.705. The molecular weight excluding hydrogens is 236 g/mol. The number of nitrogens with zero attached hydrogens (tertiary/aromatic N) is 1. The third kappa shape index (κ3) is 4.50. The number of nitrogens with one attached hydrogen (secondary N) is 1. The fourth-order valence-electron chi connectivity index (χ4n) is 1.34. The molecule has 0 aliphatic heterocycles. The van der Waals surface area contributed by atoms with Gasteiger partial charge in [-0.3, -0.25) is 4.79 Å². The maximum atomic E-state index is 11.7. The number of aromatic nitrogens is 1. The van der Waals surface area contributed by atoms with Crippen molar-refractivity contribution in [3.63, 3.8) is 0 Å². The molecule has 1 aromatic rings. The van der Waals surface area contributed by atoms with Crippen LogP contribution < -0.4 is 5.32 Å². The number of unbranched alkanes of at least 4 members (excludes halogenated alkanes) is 1. The lowest BCUT2D eigenvalue weighted by Gasteiger charge is -2.04. The Morgan fingerprint density at radius 3 is 2.72 bits per heavy atom. The van der Waals surface area contributed by atoms with Crippen molar-refractivity contribution in [3.8, 4) is 0 Å². The highest BCUT2D eigenvalue weighted by Gasteiger charge is 2.10. The molecule has 0 atom stereocenters. The Kier molecular flexibility index (Phi) is 5.79. The standard InChI is InChI=1S/C12H16N2O4/c1-18-8-3-2-7-13-11(15)9-5-4-6-10(14-9)12(16)17/h4-6H,2-3,7-8H2,1H3,(H,13,15)(H,16,17). The highest BCUT2D eigenvalue weighted by molar-refractivity contribution is 5.94. The molecule has 18 heavy (non-hydrogen) atoms. The SMILES string of the molecule is COCCCCNC(=O)c1cccc(C(=O)O)n1. The number of ether oxygens (including phenoxy) is 1. The average Bonchev–Trinajstić information content (AvgIpc) is 2.38. The van der Waals surface area contributed by atoms with Gasteiger partial charge in [-0.05, 0) is 25.0 Å². The molecule has 0 bridgehead atoms. The van der Waals surface area contributed by atoms with Crippen LogP contribution in [0.4, 0.5) is 0 Å². The lowest BCUT2D eigenvalue weighted by atomic mass is 10.2. The minimum absolute atomic E-state index is 0.113. The summed E-state index contributed by atoms with van der Waals surface area (Å²) in [5.74, 6) is -1.51. The van der Waals surface area contributed by atoms with E-state index in [0.717, 1.165) is 12.8 Å². The smallest absolute Gasteiger partial charge is 0.354 e. The van der Waals surface area contributed by atoms with Gasteiger partial charge in [0.25, 0.3) is 5.91 Å². The van der Waals surface area contributed by atoms with Crippen LogP contribution in [0.25, 0.3) is 0 Å². The molecule has 1 rings (SSSR count). The lowest BCUT2D eigenvalue weighted by molar-refractivity contribution is 0.0690. The van der Waals surface area contributed by atoms with Crippen molar-refractivity contribution in [2.45, 2.75) is 12.8 Å². The van der Waals surface area contributed by atoms with E-state index in [1.54, 1.807) is 7.11 Å². The topological polar surface area (TPSA) is 88.5 Å². The van der Waals surface area contributed by atoms with Gasteiger partial charge in [0.1, 0.15) is 11.4 Å². The zero-order valence-corrected chi connectivity index (χ0v) is 10.2. The van der Waals surface area contributed by atoms with Gasteiger partial charge >= 0.3 is 5.97 Å². The highest BCUT2D eigenvalue weighted by Crippen LogP contribution is 2.00. The second-order valence-corrected chi connectivity index (χ2v) is 3.67. The lowest BCUT2D eigenvalue weighted by Crippen LogP contribution is -2.26. The molecule has 98 valence electrons. The van der Waals surface area contributed by atoms with Crippen molar-refractivity contribution in [3.05, 3.63) is 29.6 Å². The molecule has 0 saturated carbocycles. The zero-order valence-electron chi connectivity index (χ0n) is 10.2. The molecule has 0 radical (unpaired) electrons. The summed E-state index contributed by atoms with van der Waals surface area (Å²) in [6.45, 7) is 1.17. The Morgan fingerprint density at radius 1 is 1.33 bits per heavy atom. The number of aromatic carboxylic acids is 1. The van der Waals surface area contributed by atoms with Crippen LogP contribution in [0.3, 0.4) is 0 Å². The van der Waals surface area contributed by atoms with E-state index in [1.807, 2.05) is 0 Å². The zero-order chi connectivity index (χ0) is 13.4. The highest BCUT2D eigenvalue weighted by atomic mass is 16.5. The van der Waals surface area contributed by atoms with E-state index < -0.39 is 5.97 Å². The van der Waals surface area contributed by atoms with Gasteiger partial charge in [0.05, 0.1) is 0 Å². The van der Waals surface area contributed by atoms with Crippen molar-refractivity contribution < 1.29 is 19.4 Å². The average molecular weight is 252 g/mol. The van der Waals surface area contributed by atoms with Gasteiger partial charge in [-0.25, -0.2) is 9.78 Å². The van der Waals surface area contributed by atoms with Gasteiger partial charge < -0.3 is 15.2 Å². The number of carbonyl (C=O) groups excluding carboxylic acids is 1. The Bertz CT molecular complexity index is 420. The fraction of sp³-hybridized carbons (Fsp3) is 0.417. The molecule has 0 fully saturated rings. The van der Waals surface area contributed by atoms with Crippen LogP contribution in [0.15, 0.2) is 18.2 Å². The van der Waals surface area contributed by atoms with Crippen molar-refractivity contribution in [1.29, 1.82) is 0 Å². The predicted molar refractivity (Wildman–Crippen MR) is 64.6 cm³/mol. The van der Waals surface area contributed by atoms with E-state index in [4.69, 9.17) is 9.84 Å². The maximum absolute atomic E-state index is 11.7. The summed E-state index contributed by atoms with van der Waals surface area (Å²) >= 11 is 0. The van der Waals surface area contributed by atoms with E-state index in [0.29, 0.717) is 13.2 Å². The molecule has 1 heterocycles. The maximum Gasteiger partial charge on any atom is 0.354 e. The summed E-state index contributed by atoms with van der Waals surface area (Å²) in [5.41, 5.74) is -0.0244. The number of methoxy groups -OCH3 is 1. The summed E-state index contributed by atoms with van der Waals surface area (Å²) in [6, 6.07) is 4.32. The van der Waals surface area contributed by atoms with Crippen LogP contribution in [0.5, 0.6) is 0 Å². The fourth-order valence-corrected chi connectivity index (χ4v) is 1.34. The van der Waals surface area contributed by atoms with Gasteiger partial charge in [-0.1, -0.05) is 6.07 Å². The van der Waals surface area contributed by atoms with E-state index in [-0.39, 0.29) is 17.3 Å². The third-order valence-corrected chi connectivity index (χ3v) is 2.26. The number of amides is 1. The van der Waals surface area contributed by atoms with Gasteiger partial charge in [0.2, 0.25) is 0 Å². The first-order chi connectivity index (χ1) is 8.65. The molecular formula is C12H16N2O4. The monoisotopic (exact) mass is 252 g/mol. The molecule has 1 aromatic heterocycles. The summed E-state index contributed by atoms with van der Waals surface area (Å²) in [7, 11) is 1.62. The minimum atomic E-state index is -1.15. The normalized spacial score (nSPS) is 10.1. The molecule has 0 aliphatic rings.